The average molecular weight is 381 g/mol. The van der Waals surface area contributed by atoms with E-state index < -0.39 is 0 Å². The Hall–Kier alpha value is -3.16. The van der Waals surface area contributed by atoms with Crippen molar-refractivity contribution in [3.8, 4) is 0 Å². The Morgan fingerprint density at radius 1 is 1.11 bits per heavy atom. The SMILES string of the molecule is CC(=O)N1CCN(c2cccc3c2C(=O)N(Cc2cnn(C)c2C)C3=O)CC1. The molecule has 1 aromatic carbocycles. The van der Waals surface area contributed by atoms with Crippen molar-refractivity contribution in [3.63, 3.8) is 0 Å². The van der Waals surface area contributed by atoms with E-state index in [0.29, 0.717) is 37.3 Å². The van der Waals surface area contributed by atoms with Crippen LogP contribution in [0.1, 0.15) is 38.9 Å². The van der Waals surface area contributed by atoms with Gasteiger partial charge in [0.05, 0.1) is 29.6 Å². The van der Waals surface area contributed by atoms with Gasteiger partial charge in [-0.1, -0.05) is 6.07 Å². The number of rotatable bonds is 3. The first-order valence-electron chi connectivity index (χ1n) is 9.35. The number of aryl methyl sites for hydroxylation is 1. The number of carbonyl (C=O) groups is 3. The molecule has 2 aliphatic heterocycles. The van der Waals surface area contributed by atoms with Crippen LogP contribution >= 0.6 is 0 Å². The number of benzene rings is 1. The van der Waals surface area contributed by atoms with Crippen LogP contribution in [0, 0.1) is 6.92 Å². The first-order valence-corrected chi connectivity index (χ1v) is 9.35. The van der Waals surface area contributed by atoms with Gasteiger partial charge >= 0.3 is 0 Å². The Labute approximate surface area is 163 Å². The van der Waals surface area contributed by atoms with E-state index in [1.165, 1.54) is 4.90 Å². The molecule has 0 unspecified atom stereocenters. The van der Waals surface area contributed by atoms with Crippen molar-refractivity contribution in [2.24, 2.45) is 7.05 Å². The Morgan fingerprint density at radius 2 is 1.82 bits per heavy atom. The highest BCUT2D eigenvalue weighted by molar-refractivity contribution is 6.23. The topological polar surface area (TPSA) is 78.8 Å². The highest BCUT2D eigenvalue weighted by atomic mass is 16.2. The number of piperazine rings is 1. The van der Waals surface area contributed by atoms with E-state index >= 15 is 0 Å². The van der Waals surface area contributed by atoms with Crippen molar-refractivity contribution in [2.45, 2.75) is 20.4 Å². The molecule has 2 aromatic rings. The molecule has 1 fully saturated rings. The van der Waals surface area contributed by atoms with Gasteiger partial charge in [-0.05, 0) is 19.1 Å². The predicted molar refractivity (Wildman–Crippen MR) is 103 cm³/mol. The maximum Gasteiger partial charge on any atom is 0.263 e. The van der Waals surface area contributed by atoms with Gasteiger partial charge in [0.1, 0.15) is 0 Å². The molecule has 0 bridgehead atoms. The number of aromatic nitrogens is 2. The quantitative estimate of drug-likeness (QED) is 0.747. The van der Waals surface area contributed by atoms with Crippen molar-refractivity contribution < 1.29 is 14.4 Å². The second kappa shape index (κ2) is 6.78. The standard InChI is InChI=1S/C20H23N5O3/c1-13-15(11-21-22(13)3)12-25-19(27)16-5-4-6-17(18(16)20(25)28)24-9-7-23(8-10-24)14(2)26/h4-6,11H,7-10,12H2,1-3H3. The minimum Gasteiger partial charge on any atom is -0.367 e. The number of anilines is 1. The van der Waals surface area contributed by atoms with Crippen LogP contribution in [-0.2, 0) is 18.4 Å². The third-order valence-electron chi connectivity index (χ3n) is 5.71. The van der Waals surface area contributed by atoms with Gasteiger partial charge < -0.3 is 9.80 Å². The lowest BCUT2D eigenvalue weighted by Crippen LogP contribution is -2.48. The van der Waals surface area contributed by atoms with Crippen LogP contribution in [0.5, 0.6) is 0 Å². The Balaban J connectivity index is 1.61. The van der Waals surface area contributed by atoms with E-state index in [0.717, 1.165) is 16.9 Å². The zero-order chi connectivity index (χ0) is 20.0. The molecule has 0 aliphatic carbocycles. The summed E-state index contributed by atoms with van der Waals surface area (Å²) in [5, 5.41) is 4.20. The predicted octanol–water partition coefficient (Wildman–Crippen LogP) is 1.19. The van der Waals surface area contributed by atoms with Crippen LogP contribution in [0.25, 0.3) is 0 Å². The van der Waals surface area contributed by atoms with Gasteiger partial charge in [0, 0.05) is 51.4 Å². The number of imide groups is 1. The molecule has 146 valence electrons. The number of carbonyl (C=O) groups excluding carboxylic acids is 3. The fourth-order valence-corrected chi connectivity index (χ4v) is 3.85. The van der Waals surface area contributed by atoms with E-state index in [1.807, 2.05) is 26.1 Å². The third kappa shape index (κ3) is 2.85. The second-order valence-corrected chi connectivity index (χ2v) is 7.27. The second-order valence-electron chi connectivity index (χ2n) is 7.27. The Kier molecular flexibility index (Phi) is 4.41. The zero-order valence-corrected chi connectivity index (χ0v) is 16.3. The molecular formula is C20H23N5O3. The molecular weight excluding hydrogens is 358 g/mol. The van der Waals surface area contributed by atoms with Crippen LogP contribution in [-0.4, -0.2) is 63.5 Å². The summed E-state index contributed by atoms with van der Waals surface area (Å²) in [6.45, 7) is 6.19. The Bertz CT molecular complexity index is 972. The van der Waals surface area contributed by atoms with Crippen molar-refractivity contribution >= 4 is 23.4 Å². The van der Waals surface area contributed by atoms with E-state index in [4.69, 9.17) is 0 Å². The molecule has 2 aliphatic rings. The molecule has 0 atom stereocenters. The molecule has 1 aromatic heterocycles. The molecule has 8 heteroatoms. The fraction of sp³-hybridized carbons (Fsp3) is 0.400. The first kappa shape index (κ1) is 18.2. The van der Waals surface area contributed by atoms with Crippen LogP contribution in [0.2, 0.25) is 0 Å². The third-order valence-corrected chi connectivity index (χ3v) is 5.71. The number of hydrogen-bond donors (Lipinski definition) is 0. The van der Waals surface area contributed by atoms with Gasteiger partial charge in [-0.3, -0.25) is 24.0 Å². The van der Waals surface area contributed by atoms with E-state index in [-0.39, 0.29) is 24.3 Å². The summed E-state index contributed by atoms with van der Waals surface area (Å²) in [5.74, 6) is -0.484. The lowest BCUT2D eigenvalue weighted by Gasteiger charge is -2.36. The van der Waals surface area contributed by atoms with Crippen molar-refractivity contribution in [1.29, 1.82) is 0 Å². The number of hydrogen-bond acceptors (Lipinski definition) is 5. The summed E-state index contributed by atoms with van der Waals surface area (Å²) < 4.78 is 1.73. The monoisotopic (exact) mass is 381 g/mol. The van der Waals surface area contributed by atoms with E-state index in [1.54, 1.807) is 28.8 Å². The molecule has 0 spiro atoms. The van der Waals surface area contributed by atoms with Crippen molar-refractivity contribution in [3.05, 3.63) is 46.8 Å². The minimum absolute atomic E-state index is 0.0576. The lowest BCUT2D eigenvalue weighted by atomic mass is 10.1. The minimum atomic E-state index is -0.271. The summed E-state index contributed by atoms with van der Waals surface area (Å²) in [4.78, 5) is 42.8. The highest BCUT2D eigenvalue weighted by Crippen LogP contribution is 2.33. The maximum atomic E-state index is 13.2. The first-order chi connectivity index (χ1) is 13.4. The molecule has 28 heavy (non-hydrogen) atoms. The van der Waals surface area contributed by atoms with E-state index in [9.17, 15) is 14.4 Å². The van der Waals surface area contributed by atoms with Gasteiger partial charge in [-0.25, -0.2) is 0 Å². The molecule has 3 heterocycles. The lowest BCUT2D eigenvalue weighted by molar-refractivity contribution is -0.129. The van der Waals surface area contributed by atoms with Crippen LogP contribution in [0.15, 0.2) is 24.4 Å². The molecule has 8 nitrogen and oxygen atoms in total. The number of amides is 3. The smallest absolute Gasteiger partial charge is 0.263 e. The van der Waals surface area contributed by atoms with E-state index in [2.05, 4.69) is 10.00 Å². The van der Waals surface area contributed by atoms with Gasteiger partial charge in [0.25, 0.3) is 11.8 Å². The number of fused-ring (bicyclic) bond motifs is 1. The average Bonchev–Trinajstić information content (AvgIpc) is 3.14. The molecule has 4 rings (SSSR count). The Morgan fingerprint density at radius 3 is 2.43 bits per heavy atom. The maximum absolute atomic E-state index is 13.2. The summed E-state index contributed by atoms with van der Waals surface area (Å²) >= 11 is 0. The van der Waals surface area contributed by atoms with Crippen molar-refractivity contribution in [1.82, 2.24) is 19.6 Å². The van der Waals surface area contributed by atoms with Crippen LogP contribution in [0.4, 0.5) is 5.69 Å². The zero-order valence-electron chi connectivity index (χ0n) is 16.3. The van der Waals surface area contributed by atoms with Gasteiger partial charge in [0.15, 0.2) is 0 Å². The normalized spacial score (nSPS) is 16.8. The van der Waals surface area contributed by atoms with Crippen LogP contribution < -0.4 is 4.90 Å². The summed E-state index contributed by atoms with van der Waals surface area (Å²) in [5.41, 5.74) is 3.46. The van der Waals surface area contributed by atoms with Gasteiger partial charge in [-0.15, -0.1) is 0 Å². The highest BCUT2D eigenvalue weighted by Gasteiger charge is 2.39. The summed E-state index contributed by atoms with van der Waals surface area (Å²) in [6, 6.07) is 5.41. The van der Waals surface area contributed by atoms with Crippen molar-refractivity contribution in [2.75, 3.05) is 31.1 Å². The molecule has 3 amide bonds. The largest absolute Gasteiger partial charge is 0.367 e. The molecule has 1 saturated heterocycles. The van der Waals surface area contributed by atoms with Gasteiger partial charge in [-0.2, -0.15) is 5.10 Å². The van der Waals surface area contributed by atoms with Gasteiger partial charge in [0.2, 0.25) is 5.91 Å². The van der Waals surface area contributed by atoms with Crippen LogP contribution in [0.3, 0.4) is 0 Å². The molecule has 0 saturated carbocycles. The fourth-order valence-electron chi connectivity index (χ4n) is 3.85. The number of nitrogens with zero attached hydrogens (tertiary/aromatic N) is 5. The summed E-state index contributed by atoms with van der Waals surface area (Å²) in [7, 11) is 1.83. The molecule has 0 N–H and O–H groups in total. The summed E-state index contributed by atoms with van der Waals surface area (Å²) in [6.07, 6.45) is 1.70. The molecule has 0 radical (unpaired) electrons.